The van der Waals surface area contributed by atoms with Crippen molar-refractivity contribution < 1.29 is 23.5 Å². The number of furan rings is 1. The van der Waals surface area contributed by atoms with Crippen LogP contribution in [0, 0.1) is 0 Å². The second-order valence-corrected chi connectivity index (χ2v) is 8.37. The molecule has 1 aromatic heterocycles. The number of unbranched alkanes of at least 4 members (excludes halogenated alkanes) is 4. The zero-order valence-corrected chi connectivity index (χ0v) is 20.5. The monoisotopic (exact) mass is 481 g/mol. The highest BCUT2D eigenvalue weighted by atomic mass is 16.5. The minimum atomic E-state index is -0.337. The summed E-state index contributed by atoms with van der Waals surface area (Å²) < 4.78 is 10.8. The van der Waals surface area contributed by atoms with Crippen LogP contribution < -0.4 is 21.9 Å². The first-order valence-corrected chi connectivity index (χ1v) is 11.9. The Hall–Kier alpha value is -3.81. The molecular weight excluding hydrogens is 446 g/mol. The zero-order chi connectivity index (χ0) is 25.8. The summed E-state index contributed by atoms with van der Waals surface area (Å²) in [6.07, 6.45) is 7.04. The highest BCUT2D eigenvalue weighted by Crippen LogP contribution is 2.32. The predicted molar refractivity (Wildman–Crippen MR) is 138 cm³/mol. The van der Waals surface area contributed by atoms with Gasteiger partial charge in [-0.1, -0.05) is 39.5 Å². The lowest BCUT2D eigenvalue weighted by Crippen LogP contribution is -2.09. The number of amides is 1. The second-order valence-electron chi connectivity index (χ2n) is 8.37. The number of benzene rings is 2. The Labute approximate surface area is 205 Å². The maximum Gasteiger partial charge on any atom is 0.298 e. The van der Waals surface area contributed by atoms with E-state index in [1.54, 1.807) is 36.4 Å². The van der Waals surface area contributed by atoms with Crippen LogP contribution in [-0.2, 0) is 16.0 Å². The average Bonchev–Trinajstić information content (AvgIpc) is 3.16. The first kappa shape index (κ1) is 27.4. The van der Waals surface area contributed by atoms with E-state index in [4.69, 9.17) is 26.4 Å². The van der Waals surface area contributed by atoms with Crippen molar-refractivity contribution in [2.75, 3.05) is 11.5 Å². The number of carbonyl (C=O) groups is 3. The van der Waals surface area contributed by atoms with Crippen LogP contribution in [0.25, 0.3) is 11.0 Å². The first-order chi connectivity index (χ1) is 16.8. The lowest BCUT2D eigenvalue weighted by atomic mass is 9.97. The third-order valence-corrected chi connectivity index (χ3v) is 5.42. The Morgan fingerprint density at radius 1 is 0.943 bits per heavy atom. The molecule has 0 saturated heterocycles. The second kappa shape index (κ2) is 13.8. The van der Waals surface area contributed by atoms with E-state index in [1.165, 1.54) is 19.3 Å². The van der Waals surface area contributed by atoms with Crippen LogP contribution >= 0.6 is 0 Å². The molecule has 188 valence electrons. The number of ether oxygens (including phenoxy) is 1. The molecule has 0 radical (unpaired) electrons. The Morgan fingerprint density at radius 2 is 1.63 bits per heavy atom. The quantitative estimate of drug-likeness (QED) is 0.140. The number of fused-ring (bicyclic) bond motifs is 1. The molecule has 0 bridgehead atoms. The van der Waals surface area contributed by atoms with Crippen LogP contribution in [0.2, 0.25) is 0 Å². The molecule has 0 saturated carbocycles. The summed E-state index contributed by atoms with van der Waals surface area (Å²) in [5.41, 5.74) is 18.9. The fourth-order valence-electron chi connectivity index (χ4n) is 3.75. The van der Waals surface area contributed by atoms with E-state index >= 15 is 0 Å². The molecule has 0 atom stereocenters. The van der Waals surface area contributed by atoms with Gasteiger partial charge in [0.1, 0.15) is 17.1 Å². The highest BCUT2D eigenvalue weighted by Gasteiger charge is 2.23. The summed E-state index contributed by atoms with van der Waals surface area (Å²) in [6, 6.07) is 9.54. The molecule has 1 amide bonds. The Balaban J connectivity index is 0.000000784. The lowest BCUT2D eigenvalue weighted by molar-refractivity contribution is -0.121. The molecule has 0 aliphatic rings. The van der Waals surface area contributed by atoms with Gasteiger partial charge in [-0.2, -0.15) is 0 Å². The topological polar surface area (TPSA) is 152 Å². The number of carbonyl (C=O) groups excluding carboxylic acids is 3. The number of anilines is 2. The van der Waals surface area contributed by atoms with Crippen LogP contribution in [0.5, 0.6) is 5.75 Å². The van der Waals surface area contributed by atoms with Gasteiger partial charge in [0.05, 0.1) is 5.56 Å². The van der Waals surface area contributed by atoms with Crippen molar-refractivity contribution >= 4 is 40.5 Å². The first-order valence-electron chi connectivity index (χ1n) is 11.9. The molecule has 0 aliphatic heterocycles. The summed E-state index contributed by atoms with van der Waals surface area (Å²) in [4.78, 5) is 34.8. The third-order valence-electron chi connectivity index (χ3n) is 5.42. The molecular formula is C27H35N3O5. The van der Waals surface area contributed by atoms with Crippen LogP contribution in [0.4, 0.5) is 11.4 Å². The highest BCUT2D eigenvalue weighted by molar-refractivity contribution is 6.17. The molecule has 3 rings (SSSR count). The van der Waals surface area contributed by atoms with E-state index in [0.717, 1.165) is 6.42 Å². The van der Waals surface area contributed by atoms with Gasteiger partial charge in [-0.25, -0.2) is 0 Å². The lowest BCUT2D eigenvalue weighted by Gasteiger charge is -2.06. The Kier molecular flexibility index (Phi) is 10.8. The van der Waals surface area contributed by atoms with E-state index in [0.29, 0.717) is 77.1 Å². The van der Waals surface area contributed by atoms with Gasteiger partial charge in [0.15, 0.2) is 5.78 Å². The van der Waals surface area contributed by atoms with Crippen molar-refractivity contribution in [1.82, 2.24) is 0 Å². The standard InChI is InChI=1S/C22H23N3O5.C5H12/c23-14-8-13(9-15(24)10-14)22(28)21-17-7-6-16(29-12-26)11-19(17)30-18(21)4-2-1-3-5-20(25)27;1-3-5-4-2/h6-12H,1-5,23-24H2,(H2,25,27);3-5H2,1-2H3. The number of hydrogen-bond donors (Lipinski definition) is 3. The van der Waals surface area contributed by atoms with E-state index in [-0.39, 0.29) is 11.7 Å². The maximum absolute atomic E-state index is 13.3. The van der Waals surface area contributed by atoms with Gasteiger partial charge in [-0.3, -0.25) is 14.4 Å². The van der Waals surface area contributed by atoms with Crippen LogP contribution in [0.1, 0.15) is 80.5 Å². The van der Waals surface area contributed by atoms with Crippen molar-refractivity contribution in [2.45, 2.75) is 65.2 Å². The van der Waals surface area contributed by atoms with Gasteiger partial charge in [0.25, 0.3) is 6.47 Å². The summed E-state index contributed by atoms with van der Waals surface area (Å²) in [5.74, 6) is 0.227. The molecule has 1 heterocycles. The van der Waals surface area contributed by atoms with E-state index in [2.05, 4.69) is 13.8 Å². The number of nitrogen functional groups attached to an aromatic ring is 2. The molecule has 0 aliphatic carbocycles. The molecule has 6 N–H and O–H groups in total. The number of rotatable bonds is 12. The fraction of sp³-hybridized carbons (Fsp3) is 0.370. The fourth-order valence-corrected chi connectivity index (χ4v) is 3.75. The Bertz CT molecular complexity index is 1130. The molecule has 8 heteroatoms. The van der Waals surface area contributed by atoms with Crippen molar-refractivity contribution in [2.24, 2.45) is 5.73 Å². The third kappa shape index (κ3) is 8.17. The van der Waals surface area contributed by atoms with Crippen molar-refractivity contribution in [1.29, 1.82) is 0 Å². The zero-order valence-electron chi connectivity index (χ0n) is 20.5. The van der Waals surface area contributed by atoms with Gasteiger partial charge >= 0.3 is 0 Å². The van der Waals surface area contributed by atoms with Crippen LogP contribution in [0.15, 0.2) is 40.8 Å². The molecule has 0 fully saturated rings. The Morgan fingerprint density at radius 3 is 2.20 bits per heavy atom. The van der Waals surface area contributed by atoms with Crippen LogP contribution in [0.3, 0.4) is 0 Å². The number of nitrogens with two attached hydrogens (primary N) is 3. The van der Waals surface area contributed by atoms with Gasteiger partial charge in [0.2, 0.25) is 5.91 Å². The van der Waals surface area contributed by atoms with Crippen molar-refractivity contribution in [3.8, 4) is 5.75 Å². The molecule has 0 spiro atoms. The number of ketones is 1. The van der Waals surface area contributed by atoms with E-state index in [1.807, 2.05) is 0 Å². The predicted octanol–water partition coefficient (Wildman–Crippen LogP) is 5.15. The van der Waals surface area contributed by atoms with Gasteiger partial charge in [0, 0.05) is 41.2 Å². The maximum atomic E-state index is 13.3. The number of primary amides is 1. The van der Waals surface area contributed by atoms with E-state index in [9.17, 15) is 14.4 Å². The number of aryl methyl sites for hydroxylation is 1. The summed E-state index contributed by atoms with van der Waals surface area (Å²) in [6.45, 7) is 4.75. The molecule has 2 aromatic carbocycles. The minimum Gasteiger partial charge on any atom is -0.460 e. The smallest absolute Gasteiger partial charge is 0.298 e. The van der Waals surface area contributed by atoms with Crippen molar-refractivity contribution in [3.05, 3.63) is 53.3 Å². The summed E-state index contributed by atoms with van der Waals surface area (Å²) >= 11 is 0. The van der Waals surface area contributed by atoms with E-state index < -0.39 is 0 Å². The van der Waals surface area contributed by atoms with Crippen LogP contribution in [-0.4, -0.2) is 18.2 Å². The minimum absolute atomic E-state index is 0.260. The number of hydrogen-bond acceptors (Lipinski definition) is 7. The summed E-state index contributed by atoms with van der Waals surface area (Å²) in [7, 11) is 0. The van der Waals surface area contributed by atoms with Crippen molar-refractivity contribution in [3.63, 3.8) is 0 Å². The summed E-state index contributed by atoms with van der Waals surface area (Å²) in [5, 5.41) is 0.603. The van der Waals surface area contributed by atoms with Gasteiger partial charge in [-0.15, -0.1) is 0 Å². The SMILES string of the molecule is CCCCC.NC(=O)CCCCCc1oc2cc(OC=O)ccc2c1C(=O)c1cc(N)cc(N)c1. The molecule has 3 aromatic rings. The molecule has 8 nitrogen and oxygen atoms in total. The largest absolute Gasteiger partial charge is 0.460 e. The van der Waals surface area contributed by atoms with Gasteiger partial charge in [-0.05, 0) is 43.2 Å². The molecule has 35 heavy (non-hydrogen) atoms. The average molecular weight is 482 g/mol. The normalized spacial score (nSPS) is 10.5. The van der Waals surface area contributed by atoms with Gasteiger partial charge < -0.3 is 26.4 Å². The molecule has 0 unspecified atom stereocenters.